The number of carboxylic acid groups (broad SMARTS) is 1. The van der Waals surface area contributed by atoms with E-state index in [4.69, 9.17) is 9.47 Å². The quantitative estimate of drug-likeness (QED) is 0.889. The Bertz CT molecular complexity index is 718. The number of benzene rings is 1. The molecule has 1 N–H and O–H groups in total. The zero-order valence-electron chi connectivity index (χ0n) is 14.9. The summed E-state index contributed by atoms with van der Waals surface area (Å²) in [5.74, 6) is -0.400. The molecule has 0 bridgehead atoms. The summed E-state index contributed by atoms with van der Waals surface area (Å²) in [5, 5.41) is 9.69. The first-order valence-corrected chi connectivity index (χ1v) is 9.42. The number of carbonyl (C=O) groups excluding carboxylic acids is 1. The molecule has 1 aromatic carbocycles. The Morgan fingerprint density at radius 1 is 1.27 bits per heavy atom. The maximum atomic E-state index is 12.6. The fraction of sp³-hybridized carbons (Fsp3) is 0.600. The predicted octanol–water partition coefficient (Wildman–Crippen LogP) is 1.89. The fourth-order valence-corrected chi connectivity index (χ4v) is 4.53. The third-order valence-corrected chi connectivity index (χ3v) is 6.17. The van der Waals surface area contributed by atoms with Gasteiger partial charge in [0.2, 0.25) is 0 Å². The second kappa shape index (κ2) is 6.91. The normalized spacial score (nSPS) is 27.5. The Labute approximate surface area is 153 Å². The van der Waals surface area contributed by atoms with Gasteiger partial charge in [-0.15, -0.1) is 0 Å². The molecule has 0 saturated carbocycles. The molecule has 1 amide bonds. The van der Waals surface area contributed by atoms with Crippen molar-refractivity contribution in [1.29, 1.82) is 0 Å². The highest BCUT2D eigenvalue weighted by molar-refractivity contribution is 5.82. The van der Waals surface area contributed by atoms with Crippen LogP contribution in [0.25, 0.3) is 0 Å². The molecule has 6 nitrogen and oxygen atoms in total. The van der Waals surface area contributed by atoms with E-state index in [-0.39, 0.29) is 25.0 Å². The van der Waals surface area contributed by atoms with Crippen molar-refractivity contribution in [2.75, 3.05) is 32.9 Å². The summed E-state index contributed by atoms with van der Waals surface area (Å²) in [4.78, 5) is 26.0. The largest absolute Gasteiger partial charge is 0.484 e. The molecular formula is C20H25NO5. The lowest BCUT2D eigenvalue weighted by Gasteiger charge is -2.33. The molecule has 2 atom stereocenters. The summed E-state index contributed by atoms with van der Waals surface area (Å²) in [6.45, 7) is 1.47. The number of hydrogen-bond acceptors (Lipinski definition) is 4. The standard InChI is InChI=1S/C20H25NO5/c22-18(12-26-17-6-5-14-3-1-2-4-15(14)9-17)21-10-16-11-25-8-7-20(16,13-21)19(23)24/h5-6,9,16H,1-4,7-8,10-13H2,(H,23,24)/t16-,20+/m0/s1. The van der Waals surface area contributed by atoms with Gasteiger partial charge in [-0.2, -0.15) is 0 Å². The van der Waals surface area contributed by atoms with Crippen LogP contribution in [0.15, 0.2) is 18.2 Å². The van der Waals surface area contributed by atoms with Gasteiger partial charge in [0.25, 0.3) is 5.91 Å². The molecule has 1 aromatic rings. The van der Waals surface area contributed by atoms with E-state index in [0.29, 0.717) is 31.9 Å². The maximum Gasteiger partial charge on any atom is 0.311 e. The summed E-state index contributed by atoms with van der Waals surface area (Å²) in [7, 11) is 0. The number of amides is 1. The van der Waals surface area contributed by atoms with Crippen LogP contribution in [-0.2, 0) is 27.2 Å². The number of fused-ring (bicyclic) bond motifs is 2. The van der Waals surface area contributed by atoms with Crippen molar-refractivity contribution in [2.45, 2.75) is 32.1 Å². The first kappa shape index (κ1) is 17.3. The van der Waals surface area contributed by atoms with E-state index in [9.17, 15) is 14.7 Å². The molecule has 26 heavy (non-hydrogen) atoms. The van der Waals surface area contributed by atoms with E-state index in [0.717, 1.165) is 12.8 Å². The highest BCUT2D eigenvalue weighted by Gasteiger charge is 2.54. The fourth-order valence-electron chi connectivity index (χ4n) is 4.53. The summed E-state index contributed by atoms with van der Waals surface area (Å²) < 4.78 is 11.2. The summed E-state index contributed by atoms with van der Waals surface area (Å²) in [5.41, 5.74) is 1.83. The van der Waals surface area contributed by atoms with Crippen molar-refractivity contribution in [3.63, 3.8) is 0 Å². The van der Waals surface area contributed by atoms with Gasteiger partial charge < -0.3 is 19.5 Å². The van der Waals surface area contributed by atoms with E-state index in [1.54, 1.807) is 4.90 Å². The van der Waals surface area contributed by atoms with Crippen molar-refractivity contribution in [3.05, 3.63) is 29.3 Å². The SMILES string of the molecule is O=C(COc1ccc2c(c1)CCCC2)N1C[C@H]2COCC[C@@]2(C(=O)O)C1. The molecule has 4 rings (SSSR count). The lowest BCUT2D eigenvalue weighted by atomic mass is 9.74. The van der Waals surface area contributed by atoms with Gasteiger partial charge in [-0.25, -0.2) is 0 Å². The number of aliphatic carboxylic acids is 1. The van der Waals surface area contributed by atoms with Crippen LogP contribution in [0.5, 0.6) is 5.75 Å². The van der Waals surface area contributed by atoms with E-state index in [1.807, 2.05) is 12.1 Å². The zero-order valence-corrected chi connectivity index (χ0v) is 14.9. The van der Waals surface area contributed by atoms with Gasteiger partial charge in [0.1, 0.15) is 5.75 Å². The molecule has 0 spiro atoms. The summed E-state index contributed by atoms with van der Waals surface area (Å²) >= 11 is 0. The third-order valence-electron chi connectivity index (χ3n) is 6.17. The minimum absolute atomic E-state index is 0.0535. The molecule has 0 radical (unpaired) electrons. The van der Waals surface area contributed by atoms with Crippen LogP contribution in [0.4, 0.5) is 0 Å². The lowest BCUT2D eigenvalue weighted by molar-refractivity contribution is -0.157. The molecule has 2 saturated heterocycles. The first-order valence-electron chi connectivity index (χ1n) is 9.42. The Hall–Kier alpha value is -2.08. The molecule has 2 heterocycles. The Morgan fingerprint density at radius 3 is 2.85 bits per heavy atom. The van der Waals surface area contributed by atoms with Crippen molar-refractivity contribution in [1.82, 2.24) is 4.90 Å². The average Bonchev–Trinajstić information content (AvgIpc) is 3.07. The van der Waals surface area contributed by atoms with Crippen LogP contribution >= 0.6 is 0 Å². The average molecular weight is 359 g/mol. The number of carbonyl (C=O) groups is 2. The molecule has 140 valence electrons. The van der Waals surface area contributed by atoms with Crippen LogP contribution in [-0.4, -0.2) is 54.8 Å². The van der Waals surface area contributed by atoms with Crippen LogP contribution in [0.2, 0.25) is 0 Å². The number of likely N-dealkylation sites (tertiary alicyclic amines) is 1. The molecule has 1 aliphatic carbocycles. The van der Waals surface area contributed by atoms with Gasteiger partial charge in [-0.3, -0.25) is 9.59 Å². The molecule has 0 aromatic heterocycles. The van der Waals surface area contributed by atoms with Gasteiger partial charge in [0, 0.05) is 25.6 Å². The third kappa shape index (κ3) is 3.07. The highest BCUT2D eigenvalue weighted by Crippen LogP contribution is 2.42. The number of ether oxygens (including phenoxy) is 2. The molecule has 2 aliphatic heterocycles. The topological polar surface area (TPSA) is 76.1 Å². The van der Waals surface area contributed by atoms with Crippen LogP contribution in [0, 0.1) is 11.3 Å². The van der Waals surface area contributed by atoms with E-state index >= 15 is 0 Å². The number of rotatable bonds is 4. The molecule has 2 fully saturated rings. The molecule has 0 unspecified atom stereocenters. The molecule has 3 aliphatic rings. The monoisotopic (exact) mass is 359 g/mol. The van der Waals surface area contributed by atoms with Crippen LogP contribution in [0.1, 0.15) is 30.4 Å². The lowest BCUT2D eigenvalue weighted by Crippen LogP contribution is -2.45. The van der Waals surface area contributed by atoms with Gasteiger partial charge >= 0.3 is 5.97 Å². The highest BCUT2D eigenvalue weighted by atomic mass is 16.5. The van der Waals surface area contributed by atoms with Crippen molar-refractivity contribution >= 4 is 11.9 Å². The van der Waals surface area contributed by atoms with Crippen molar-refractivity contribution in [2.24, 2.45) is 11.3 Å². The van der Waals surface area contributed by atoms with Gasteiger partial charge in [-0.1, -0.05) is 6.07 Å². The van der Waals surface area contributed by atoms with Gasteiger partial charge in [0.05, 0.1) is 12.0 Å². The minimum atomic E-state index is -0.861. The first-order chi connectivity index (χ1) is 12.6. The van der Waals surface area contributed by atoms with Gasteiger partial charge in [0.15, 0.2) is 6.61 Å². The Morgan fingerprint density at radius 2 is 2.08 bits per heavy atom. The van der Waals surface area contributed by atoms with Crippen LogP contribution in [0.3, 0.4) is 0 Å². The summed E-state index contributed by atoms with van der Waals surface area (Å²) in [6, 6.07) is 6.06. The minimum Gasteiger partial charge on any atom is -0.484 e. The number of aryl methyl sites for hydroxylation is 2. The number of hydrogen-bond donors (Lipinski definition) is 1. The number of carboxylic acids is 1. The molecule has 6 heteroatoms. The summed E-state index contributed by atoms with van der Waals surface area (Å²) in [6.07, 6.45) is 5.07. The second-order valence-electron chi connectivity index (χ2n) is 7.68. The van der Waals surface area contributed by atoms with Gasteiger partial charge in [-0.05, 0) is 55.4 Å². The van der Waals surface area contributed by atoms with Crippen molar-refractivity contribution < 1.29 is 24.2 Å². The van der Waals surface area contributed by atoms with Crippen LogP contribution < -0.4 is 4.74 Å². The Balaban J connectivity index is 1.39. The van der Waals surface area contributed by atoms with E-state index in [1.165, 1.54) is 24.0 Å². The predicted molar refractivity (Wildman–Crippen MR) is 94.2 cm³/mol. The zero-order chi connectivity index (χ0) is 18.1. The van der Waals surface area contributed by atoms with E-state index in [2.05, 4.69) is 6.07 Å². The van der Waals surface area contributed by atoms with Crippen molar-refractivity contribution in [3.8, 4) is 5.75 Å². The number of nitrogens with zero attached hydrogens (tertiary/aromatic N) is 1. The molecular weight excluding hydrogens is 334 g/mol. The Kier molecular flexibility index (Phi) is 4.61. The second-order valence-corrected chi connectivity index (χ2v) is 7.68. The van der Waals surface area contributed by atoms with E-state index < -0.39 is 11.4 Å². The maximum absolute atomic E-state index is 12.6. The smallest absolute Gasteiger partial charge is 0.311 e.